The van der Waals surface area contributed by atoms with E-state index in [2.05, 4.69) is 35.2 Å². The third-order valence-corrected chi connectivity index (χ3v) is 2.35. The molecule has 0 saturated carbocycles. The number of morpholine rings is 1. The van der Waals surface area contributed by atoms with E-state index < -0.39 is 0 Å². The average molecular weight is 237 g/mol. The molecule has 1 aromatic carbocycles. The Bertz CT molecular complexity index is 242. The highest BCUT2D eigenvalue weighted by molar-refractivity contribution is 5.14. The summed E-state index contributed by atoms with van der Waals surface area (Å²) in [5.74, 6) is 0. The van der Waals surface area contributed by atoms with Gasteiger partial charge in [-0.2, -0.15) is 0 Å². The lowest BCUT2D eigenvalue weighted by molar-refractivity contribution is 0.0342. The monoisotopic (exact) mass is 237 g/mol. The molecule has 0 N–H and O–H groups in total. The molecule has 1 heterocycles. The van der Waals surface area contributed by atoms with E-state index >= 15 is 0 Å². The van der Waals surface area contributed by atoms with Crippen molar-refractivity contribution in [3.05, 3.63) is 35.9 Å². The van der Waals surface area contributed by atoms with E-state index in [9.17, 15) is 0 Å². The van der Waals surface area contributed by atoms with Crippen LogP contribution in [0.2, 0.25) is 0 Å². The number of hydrogen-bond donors (Lipinski definition) is 0. The van der Waals surface area contributed by atoms with E-state index in [4.69, 9.17) is 4.74 Å². The predicted molar refractivity (Wildman–Crippen MR) is 75.2 cm³/mol. The number of nitrogens with zero attached hydrogens (tertiary/aromatic N) is 1. The van der Waals surface area contributed by atoms with Crippen molar-refractivity contribution < 1.29 is 4.74 Å². The maximum absolute atomic E-state index is 5.30. The van der Waals surface area contributed by atoms with E-state index in [1.54, 1.807) is 0 Å². The van der Waals surface area contributed by atoms with Gasteiger partial charge in [-0.3, -0.25) is 4.90 Å². The molecule has 0 atom stereocenters. The van der Waals surface area contributed by atoms with Gasteiger partial charge in [-0.15, -0.1) is 0 Å². The van der Waals surface area contributed by atoms with Gasteiger partial charge in [0.1, 0.15) is 0 Å². The molecule has 0 aliphatic carbocycles. The van der Waals surface area contributed by atoms with Crippen molar-refractivity contribution in [2.45, 2.75) is 34.2 Å². The Balaban J connectivity index is 0.000000581. The van der Waals surface area contributed by atoms with Crippen LogP contribution in [0.4, 0.5) is 0 Å². The van der Waals surface area contributed by atoms with E-state index in [0.29, 0.717) is 0 Å². The van der Waals surface area contributed by atoms with Crippen LogP contribution in [0.25, 0.3) is 0 Å². The van der Waals surface area contributed by atoms with Crippen molar-refractivity contribution in [3.8, 4) is 0 Å². The minimum atomic E-state index is 0.882. The number of benzene rings is 1. The van der Waals surface area contributed by atoms with Crippen LogP contribution >= 0.6 is 0 Å². The molecule has 2 heteroatoms. The molecule has 1 saturated heterocycles. The van der Waals surface area contributed by atoms with Gasteiger partial charge in [-0.05, 0) is 5.56 Å². The molecule has 0 bridgehead atoms. The van der Waals surface area contributed by atoms with Crippen LogP contribution in [0.3, 0.4) is 0 Å². The Hall–Kier alpha value is -0.860. The lowest BCUT2D eigenvalue weighted by Crippen LogP contribution is -2.35. The Morgan fingerprint density at radius 2 is 1.47 bits per heavy atom. The lowest BCUT2D eigenvalue weighted by atomic mass is 10.2. The zero-order valence-corrected chi connectivity index (χ0v) is 11.8. The van der Waals surface area contributed by atoms with Crippen LogP contribution in [-0.2, 0) is 11.3 Å². The molecule has 0 radical (unpaired) electrons. The van der Waals surface area contributed by atoms with Crippen molar-refractivity contribution in [2.24, 2.45) is 0 Å². The summed E-state index contributed by atoms with van der Waals surface area (Å²) >= 11 is 0. The van der Waals surface area contributed by atoms with Gasteiger partial charge in [0.05, 0.1) is 13.2 Å². The molecule has 1 aliphatic rings. The van der Waals surface area contributed by atoms with Gasteiger partial charge in [0.15, 0.2) is 0 Å². The fourth-order valence-corrected chi connectivity index (χ4v) is 1.60. The molecule has 0 spiro atoms. The normalized spacial score (nSPS) is 15.1. The van der Waals surface area contributed by atoms with Crippen molar-refractivity contribution in [2.75, 3.05) is 26.3 Å². The SMILES string of the molecule is CC.CC.c1ccc(CN2CCOCC2)cc1. The molecule has 0 unspecified atom stereocenters. The quantitative estimate of drug-likeness (QED) is 0.779. The summed E-state index contributed by atoms with van der Waals surface area (Å²) in [6, 6.07) is 10.6. The molecule has 17 heavy (non-hydrogen) atoms. The Kier molecular flexibility index (Phi) is 11.0. The first-order valence-electron chi connectivity index (χ1n) is 6.79. The summed E-state index contributed by atoms with van der Waals surface area (Å²) in [6.45, 7) is 13.0. The summed E-state index contributed by atoms with van der Waals surface area (Å²) in [7, 11) is 0. The summed E-state index contributed by atoms with van der Waals surface area (Å²) in [5.41, 5.74) is 1.39. The molecular weight excluding hydrogens is 210 g/mol. The van der Waals surface area contributed by atoms with Gasteiger partial charge in [-0.25, -0.2) is 0 Å². The topological polar surface area (TPSA) is 12.5 Å². The maximum Gasteiger partial charge on any atom is 0.0594 e. The van der Waals surface area contributed by atoms with Gasteiger partial charge in [0.25, 0.3) is 0 Å². The highest BCUT2D eigenvalue weighted by atomic mass is 16.5. The first kappa shape index (κ1) is 16.1. The van der Waals surface area contributed by atoms with Gasteiger partial charge in [-0.1, -0.05) is 58.0 Å². The standard InChI is InChI=1S/C11H15NO.2C2H6/c1-2-4-11(5-3-1)10-12-6-8-13-9-7-12;2*1-2/h1-5H,6-10H2;2*1-2H3. The molecule has 1 aliphatic heterocycles. The highest BCUT2D eigenvalue weighted by Crippen LogP contribution is 2.05. The molecule has 1 fully saturated rings. The fourth-order valence-electron chi connectivity index (χ4n) is 1.60. The summed E-state index contributed by atoms with van der Waals surface area (Å²) < 4.78 is 5.30. The largest absolute Gasteiger partial charge is 0.379 e. The van der Waals surface area contributed by atoms with E-state index in [1.807, 2.05) is 27.7 Å². The maximum atomic E-state index is 5.30. The zero-order valence-electron chi connectivity index (χ0n) is 11.8. The molecular formula is C15H27NO. The third kappa shape index (κ3) is 7.14. The Labute approximate surface area is 107 Å². The molecule has 0 aromatic heterocycles. The number of ether oxygens (including phenoxy) is 1. The van der Waals surface area contributed by atoms with E-state index in [-0.39, 0.29) is 0 Å². The summed E-state index contributed by atoms with van der Waals surface area (Å²) in [6.07, 6.45) is 0. The van der Waals surface area contributed by atoms with Crippen LogP contribution in [0, 0.1) is 0 Å². The molecule has 2 rings (SSSR count). The van der Waals surface area contributed by atoms with Crippen LogP contribution in [0.15, 0.2) is 30.3 Å². The molecule has 1 aromatic rings. The van der Waals surface area contributed by atoms with Crippen LogP contribution in [0.1, 0.15) is 33.3 Å². The second-order valence-corrected chi connectivity index (χ2v) is 3.37. The molecule has 98 valence electrons. The summed E-state index contributed by atoms with van der Waals surface area (Å²) in [4.78, 5) is 2.43. The smallest absolute Gasteiger partial charge is 0.0594 e. The van der Waals surface area contributed by atoms with Crippen LogP contribution in [-0.4, -0.2) is 31.2 Å². The predicted octanol–water partition coefficient (Wildman–Crippen LogP) is 3.57. The van der Waals surface area contributed by atoms with Crippen molar-refractivity contribution in [3.63, 3.8) is 0 Å². The lowest BCUT2D eigenvalue weighted by Gasteiger charge is -2.26. The fraction of sp³-hybridized carbons (Fsp3) is 0.600. The van der Waals surface area contributed by atoms with Gasteiger partial charge in [0.2, 0.25) is 0 Å². The van der Waals surface area contributed by atoms with Gasteiger partial charge in [0, 0.05) is 19.6 Å². The summed E-state index contributed by atoms with van der Waals surface area (Å²) in [5, 5.41) is 0. The van der Waals surface area contributed by atoms with Gasteiger partial charge < -0.3 is 4.74 Å². The Morgan fingerprint density at radius 3 is 2.00 bits per heavy atom. The van der Waals surface area contributed by atoms with E-state index in [1.165, 1.54) is 5.56 Å². The second kappa shape index (κ2) is 11.6. The van der Waals surface area contributed by atoms with E-state index in [0.717, 1.165) is 32.8 Å². The van der Waals surface area contributed by atoms with Crippen molar-refractivity contribution in [1.29, 1.82) is 0 Å². The Morgan fingerprint density at radius 1 is 0.941 bits per heavy atom. The zero-order chi connectivity index (χ0) is 12.9. The second-order valence-electron chi connectivity index (χ2n) is 3.37. The van der Waals surface area contributed by atoms with Crippen LogP contribution in [0.5, 0.6) is 0 Å². The highest BCUT2D eigenvalue weighted by Gasteiger charge is 2.09. The van der Waals surface area contributed by atoms with Crippen molar-refractivity contribution >= 4 is 0 Å². The van der Waals surface area contributed by atoms with Crippen molar-refractivity contribution in [1.82, 2.24) is 4.90 Å². The average Bonchev–Trinajstić information content (AvgIpc) is 2.45. The third-order valence-electron chi connectivity index (χ3n) is 2.35. The minimum absolute atomic E-state index is 0.882. The molecule has 0 amide bonds. The van der Waals surface area contributed by atoms with Crippen LogP contribution < -0.4 is 0 Å². The molecule has 2 nitrogen and oxygen atoms in total. The number of hydrogen-bond acceptors (Lipinski definition) is 2. The van der Waals surface area contributed by atoms with Gasteiger partial charge >= 0.3 is 0 Å². The minimum Gasteiger partial charge on any atom is -0.379 e. The first-order chi connectivity index (χ1) is 8.45. The number of rotatable bonds is 2. The first-order valence-corrected chi connectivity index (χ1v) is 6.79.